The van der Waals surface area contributed by atoms with E-state index in [-0.39, 0.29) is 5.97 Å². The quantitative estimate of drug-likeness (QED) is 0.819. The summed E-state index contributed by atoms with van der Waals surface area (Å²) >= 11 is 0. The van der Waals surface area contributed by atoms with E-state index in [0.29, 0.717) is 6.04 Å². The molecule has 1 aromatic rings. The first-order chi connectivity index (χ1) is 10.2. The number of carbonyl (C=O) groups excluding carboxylic acids is 1. The molecule has 0 radical (unpaired) electrons. The molecule has 2 unspecified atom stereocenters. The predicted molar refractivity (Wildman–Crippen MR) is 82.2 cm³/mol. The summed E-state index contributed by atoms with van der Waals surface area (Å²) in [6.45, 7) is 4.97. The van der Waals surface area contributed by atoms with Crippen molar-refractivity contribution in [2.75, 3.05) is 13.7 Å². The summed E-state index contributed by atoms with van der Waals surface area (Å²) in [6, 6.07) is 0.320. The number of methoxy groups -OCH3 is 1. The van der Waals surface area contributed by atoms with Crippen LogP contribution in [0.2, 0.25) is 0 Å². The van der Waals surface area contributed by atoms with Crippen molar-refractivity contribution in [2.45, 2.75) is 64.0 Å². The molecule has 5 nitrogen and oxygen atoms in total. The third kappa shape index (κ3) is 3.28. The van der Waals surface area contributed by atoms with Crippen LogP contribution in [0.5, 0.6) is 0 Å². The molecule has 0 spiro atoms. The number of carbonyl (C=O) groups is 1. The van der Waals surface area contributed by atoms with Crippen LogP contribution in [0.4, 0.5) is 0 Å². The van der Waals surface area contributed by atoms with Crippen LogP contribution >= 0.6 is 0 Å². The fraction of sp³-hybridized carbons (Fsp3) is 0.750. The molecule has 2 atom stereocenters. The molecule has 0 amide bonds. The Balaban J connectivity index is 2.22. The third-order valence-electron chi connectivity index (χ3n) is 4.43. The molecule has 1 aliphatic rings. The van der Waals surface area contributed by atoms with Gasteiger partial charge in [-0.1, -0.05) is 13.8 Å². The average molecular weight is 293 g/mol. The normalized spacial score (nSPS) is 25.8. The van der Waals surface area contributed by atoms with Gasteiger partial charge in [-0.05, 0) is 38.6 Å². The zero-order valence-electron chi connectivity index (χ0n) is 13.4. The molecule has 1 fully saturated rings. The van der Waals surface area contributed by atoms with Crippen molar-refractivity contribution in [1.82, 2.24) is 14.9 Å². The molecule has 1 aromatic heterocycles. The minimum atomic E-state index is -0.541. The van der Waals surface area contributed by atoms with E-state index in [9.17, 15) is 4.79 Å². The Hall–Kier alpha value is -1.36. The fourth-order valence-electron chi connectivity index (χ4n) is 3.53. The SMILES string of the molecule is CCCc1nccn1C1CCCC(NCC)(C(=O)OC)C1. The lowest BCUT2D eigenvalue weighted by molar-refractivity contribution is -0.150. The molecule has 2 rings (SSSR count). The van der Waals surface area contributed by atoms with Crippen LogP contribution in [0, 0.1) is 0 Å². The van der Waals surface area contributed by atoms with Gasteiger partial charge in [-0.25, -0.2) is 4.98 Å². The maximum atomic E-state index is 12.3. The number of esters is 1. The Morgan fingerprint density at radius 2 is 2.38 bits per heavy atom. The standard InChI is InChI=1S/C16H27N3O2/c1-4-7-14-17-10-11-19(14)13-8-6-9-16(12-13,18-5-2)15(20)21-3/h10-11,13,18H,4-9,12H2,1-3H3. The Morgan fingerprint density at radius 1 is 1.57 bits per heavy atom. The minimum absolute atomic E-state index is 0.133. The highest BCUT2D eigenvalue weighted by atomic mass is 16.5. The number of ether oxygens (including phenoxy) is 1. The largest absolute Gasteiger partial charge is 0.468 e. The highest BCUT2D eigenvalue weighted by molar-refractivity contribution is 5.81. The molecule has 0 aromatic carbocycles. The first kappa shape index (κ1) is 16.0. The Labute approximate surface area is 127 Å². The lowest BCUT2D eigenvalue weighted by Crippen LogP contribution is -2.55. The summed E-state index contributed by atoms with van der Waals surface area (Å²) in [5.74, 6) is 0.992. The second-order valence-electron chi connectivity index (χ2n) is 5.85. The van der Waals surface area contributed by atoms with Crippen molar-refractivity contribution in [3.05, 3.63) is 18.2 Å². The summed E-state index contributed by atoms with van der Waals surface area (Å²) in [5, 5.41) is 3.38. The molecule has 0 saturated heterocycles. The molecule has 5 heteroatoms. The maximum Gasteiger partial charge on any atom is 0.326 e. The molecule has 0 bridgehead atoms. The van der Waals surface area contributed by atoms with Crippen LogP contribution in [-0.4, -0.2) is 34.7 Å². The van der Waals surface area contributed by atoms with Crippen LogP contribution < -0.4 is 5.32 Å². The number of likely N-dealkylation sites (N-methyl/N-ethyl adjacent to an activating group) is 1. The molecular weight excluding hydrogens is 266 g/mol. The number of nitrogens with zero attached hydrogens (tertiary/aromatic N) is 2. The Kier molecular flexibility index (Phi) is 5.39. The molecular formula is C16H27N3O2. The van der Waals surface area contributed by atoms with Crippen LogP contribution in [0.25, 0.3) is 0 Å². The van der Waals surface area contributed by atoms with Gasteiger partial charge in [-0.15, -0.1) is 0 Å². The van der Waals surface area contributed by atoms with E-state index in [4.69, 9.17) is 4.74 Å². The second-order valence-corrected chi connectivity index (χ2v) is 5.85. The molecule has 1 heterocycles. The van der Waals surface area contributed by atoms with E-state index in [2.05, 4.69) is 28.0 Å². The molecule has 21 heavy (non-hydrogen) atoms. The van der Waals surface area contributed by atoms with Gasteiger partial charge in [0.25, 0.3) is 0 Å². The van der Waals surface area contributed by atoms with Crippen LogP contribution in [0.3, 0.4) is 0 Å². The Bertz CT molecular complexity index is 468. The zero-order valence-corrected chi connectivity index (χ0v) is 13.4. The number of hydrogen-bond acceptors (Lipinski definition) is 4. The second kappa shape index (κ2) is 7.07. The van der Waals surface area contributed by atoms with Crippen molar-refractivity contribution in [3.8, 4) is 0 Å². The van der Waals surface area contributed by atoms with Gasteiger partial charge in [-0.2, -0.15) is 0 Å². The van der Waals surface area contributed by atoms with Gasteiger partial charge < -0.3 is 14.6 Å². The van der Waals surface area contributed by atoms with Crippen LogP contribution in [-0.2, 0) is 16.0 Å². The lowest BCUT2D eigenvalue weighted by Gasteiger charge is -2.40. The van der Waals surface area contributed by atoms with Crippen LogP contribution in [0.15, 0.2) is 12.4 Å². The van der Waals surface area contributed by atoms with Crippen LogP contribution in [0.1, 0.15) is 57.8 Å². The van der Waals surface area contributed by atoms with Crippen molar-refractivity contribution >= 4 is 5.97 Å². The smallest absolute Gasteiger partial charge is 0.326 e. The highest BCUT2D eigenvalue weighted by Crippen LogP contribution is 2.37. The van der Waals surface area contributed by atoms with E-state index in [1.165, 1.54) is 7.11 Å². The van der Waals surface area contributed by atoms with Crippen molar-refractivity contribution < 1.29 is 9.53 Å². The molecule has 0 aliphatic heterocycles. The summed E-state index contributed by atoms with van der Waals surface area (Å²) in [6.07, 6.45) is 9.73. The fourth-order valence-corrected chi connectivity index (χ4v) is 3.53. The van der Waals surface area contributed by atoms with Gasteiger partial charge in [0.05, 0.1) is 7.11 Å². The van der Waals surface area contributed by atoms with Gasteiger partial charge >= 0.3 is 5.97 Å². The Morgan fingerprint density at radius 3 is 3.05 bits per heavy atom. The monoisotopic (exact) mass is 293 g/mol. The minimum Gasteiger partial charge on any atom is -0.468 e. The molecule has 1 aliphatic carbocycles. The predicted octanol–water partition coefficient (Wildman–Crippen LogP) is 2.47. The number of imidazole rings is 1. The van der Waals surface area contributed by atoms with Crippen molar-refractivity contribution in [3.63, 3.8) is 0 Å². The summed E-state index contributed by atoms with van der Waals surface area (Å²) < 4.78 is 7.32. The van der Waals surface area contributed by atoms with Crippen molar-refractivity contribution in [2.24, 2.45) is 0 Å². The third-order valence-corrected chi connectivity index (χ3v) is 4.43. The van der Waals surface area contributed by atoms with E-state index >= 15 is 0 Å². The molecule has 118 valence electrons. The number of hydrogen-bond donors (Lipinski definition) is 1. The summed E-state index contributed by atoms with van der Waals surface area (Å²) in [7, 11) is 1.48. The van der Waals surface area contributed by atoms with Gasteiger partial charge in [0.2, 0.25) is 0 Å². The number of aromatic nitrogens is 2. The van der Waals surface area contributed by atoms with Gasteiger partial charge in [0.15, 0.2) is 0 Å². The number of rotatable bonds is 6. The van der Waals surface area contributed by atoms with E-state index in [0.717, 1.165) is 50.9 Å². The zero-order chi connectivity index (χ0) is 15.3. The maximum absolute atomic E-state index is 12.3. The van der Waals surface area contributed by atoms with E-state index in [1.807, 2.05) is 13.1 Å². The first-order valence-electron chi connectivity index (χ1n) is 8.02. The van der Waals surface area contributed by atoms with Gasteiger partial charge in [-0.3, -0.25) is 4.79 Å². The first-order valence-corrected chi connectivity index (χ1v) is 8.02. The summed E-state index contributed by atoms with van der Waals surface area (Å²) in [5.41, 5.74) is -0.541. The van der Waals surface area contributed by atoms with Gasteiger partial charge in [0, 0.05) is 24.9 Å². The molecule has 1 saturated carbocycles. The van der Waals surface area contributed by atoms with Gasteiger partial charge in [0.1, 0.15) is 11.4 Å². The average Bonchev–Trinajstić information content (AvgIpc) is 2.95. The number of nitrogens with one attached hydrogen (secondary N) is 1. The highest BCUT2D eigenvalue weighted by Gasteiger charge is 2.43. The van der Waals surface area contributed by atoms with Crippen molar-refractivity contribution in [1.29, 1.82) is 0 Å². The lowest BCUT2D eigenvalue weighted by atomic mass is 9.78. The molecule has 1 N–H and O–H groups in total. The summed E-state index contributed by atoms with van der Waals surface area (Å²) in [4.78, 5) is 16.8. The topological polar surface area (TPSA) is 56.2 Å². The number of aryl methyl sites for hydroxylation is 1. The van der Waals surface area contributed by atoms with E-state index in [1.54, 1.807) is 0 Å². The van der Waals surface area contributed by atoms with E-state index < -0.39 is 5.54 Å².